The fraction of sp³-hybridized carbons (Fsp3) is 0.588. The standard InChI is InChI=1S/C17H28N6O5/c1-4-9(2)14(23-13(24)7-20-15(25)10(3)18)16(26)22-12(17(27)28)5-11-6-19-8-21-11/h6,8-10,12,14H,4-5,7,18H2,1-3H3,(H,19,21)(H,20,25)(H,22,26)(H,23,24)(H,27,28)/t9-,10-,12-,14-/m0/s1. The Morgan fingerprint density at radius 1 is 1.21 bits per heavy atom. The molecule has 0 bridgehead atoms. The number of hydrogen-bond acceptors (Lipinski definition) is 6. The van der Waals surface area contributed by atoms with E-state index in [-0.39, 0.29) is 18.9 Å². The Bertz CT molecular complexity index is 676. The van der Waals surface area contributed by atoms with Crippen molar-refractivity contribution >= 4 is 23.7 Å². The molecule has 1 rings (SSSR count). The zero-order chi connectivity index (χ0) is 21.3. The van der Waals surface area contributed by atoms with E-state index in [1.165, 1.54) is 19.4 Å². The van der Waals surface area contributed by atoms with Crippen LogP contribution in [0.1, 0.15) is 32.9 Å². The number of amides is 3. The third kappa shape index (κ3) is 7.35. The van der Waals surface area contributed by atoms with Gasteiger partial charge in [0, 0.05) is 18.3 Å². The summed E-state index contributed by atoms with van der Waals surface area (Å²) in [5.41, 5.74) is 5.96. The van der Waals surface area contributed by atoms with Crippen LogP contribution in [-0.4, -0.2) is 63.4 Å². The molecule has 1 heterocycles. The molecule has 0 spiro atoms. The summed E-state index contributed by atoms with van der Waals surface area (Å²) in [4.78, 5) is 54.3. The number of aromatic nitrogens is 2. The lowest BCUT2D eigenvalue weighted by Crippen LogP contribution is -2.56. The predicted octanol–water partition coefficient (Wildman–Crippen LogP) is -1.48. The van der Waals surface area contributed by atoms with Gasteiger partial charge in [0.15, 0.2) is 0 Å². The van der Waals surface area contributed by atoms with Gasteiger partial charge >= 0.3 is 5.97 Å². The van der Waals surface area contributed by atoms with Crippen LogP contribution in [0.5, 0.6) is 0 Å². The number of nitrogens with zero attached hydrogens (tertiary/aromatic N) is 1. The monoisotopic (exact) mass is 396 g/mol. The number of aromatic amines is 1. The summed E-state index contributed by atoms with van der Waals surface area (Å²) in [5, 5.41) is 16.7. The van der Waals surface area contributed by atoms with Gasteiger partial charge in [-0.15, -0.1) is 0 Å². The highest BCUT2D eigenvalue weighted by molar-refractivity contribution is 5.92. The molecular formula is C17H28N6O5. The lowest BCUT2D eigenvalue weighted by atomic mass is 9.97. The lowest BCUT2D eigenvalue weighted by Gasteiger charge is -2.25. The molecule has 0 aliphatic carbocycles. The second-order valence-corrected chi connectivity index (χ2v) is 6.62. The first-order chi connectivity index (χ1) is 13.1. The number of nitrogens with two attached hydrogens (primary N) is 1. The molecule has 7 N–H and O–H groups in total. The van der Waals surface area contributed by atoms with Gasteiger partial charge < -0.3 is 31.8 Å². The third-order valence-electron chi connectivity index (χ3n) is 4.24. The minimum Gasteiger partial charge on any atom is -0.480 e. The van der Waals surface area contributed by atoms with Crippen molar-refractivity contribution in [1.29, 1.82) is 0 Å². The number of carbonyl (C=O) groups is 4. The molecule has 4 atom stereocenters. The minimum atomic E-state index is -1.21. The highest BCUT2D eigenvalue weighted by atomic mass is 16.4. The van der Waals surface area contributed by atoms with Crippen molar-refractivity contribution in [1.82, 2.24) is 25.9 Å². The summed E-state index contributed by atoms with van der Waals surface area (Å²) in [6, 6.07) is -2.90. The van der Waals surface area contributed by atoms with Gasteiger partial charge in [-0.1, -0.05) is 20.3 Å². The largest absolute Gasteiger partial charge is 0.480 e. The Balaban J connectivity index is 2.76. The second-order valence-electron chi connectivity index (χ2n) is 6.62. The number of nitrogens with one attached hydrogen (secondary N) is 4. The van der Waals surface area contributed by atoms with Crippen molar-refractivity contribution in [2.75, 3.05) is 6.54 Å². The Labute approximate surface area is 162 Å². The topological polar surface area (TPSA) is 179 Å². The molecule has 0 aromatic carbocycles. The molecule has 0 saturated heterocycles. The number of hydrogen-bond donors (Lipinski definition) is 6. The van der Waals surface area contributed by atoms with Gasteiger partial charge in [-0.3, -0.25) is 14.4 Å². The Hall–Kier alpha value is -2.95. The van der Waals surface area contributed by atoms with Crippen molar-refractivity contribution < 1.29 is 24.3 Å². The van der Waals surface area contributed by atoms with Gasteiger partial charge in [0.1, 0.15) is 12.1 Å². The molecule has 3 amide bonds. The molecule has 0 aliphatic heterocycles. The highest BCUT2D eigenvalue weighted by Gasteiger charge is 2.30. The van der Waals surface area contributed by atoms with E-state index >= 15 is 0 Å². The molecular weight excluding hydrogens is 368 g/mol. The number of carboxylic acid groups (broad SMARTS) is 1. The number of carbonyl (C=O) groups excluding carboxylic acids is 3. The smallest absolute Gasteiger partial charge is 0.326 e. The first-order valence-corrected chi connectivity index (χ1v) is 8.98. The molecule has 11 nitrogen and oxygen atoms in total. The summed E-state index contributed by atoms with van der Waals surface area (Å²) < 4.78 is 0. The average Bonchev–Trinajstić information content (AvgIpc) is 3.15. The summed E-state index contributed by atoms with van der Waals surface area (Å²) in [5.74, 6) is -3.15. The maximum absolute atomic E-state index is 12.6. The van der Waals surface area contributed by atoms with Crippen LogP contribution in [0.3, 0.4) is 0 Å². The number of aliphatic carboxylic acids is 1. The van der Waals surface area contributed by atoms with Gasteiger partial charge in [0.2, 0.25) is 17.7 Å². The van der Waals surface area contributed by atoms with Crippen molar-refractivity contribution in [3.8, 4) is 0 Å². The van der Waals surface area contributed by atoms with E-state index < -0.39 is 41.8 Å². The zero-order valence-corrected chi connectivity index (χ0v) is 16.2. The normalized spacial score (nSPS) is 15.0. The number of imidazole rings is 1. The first-order valence-electron chi connectivity index (χ1n) is 8.98. The van der Waals surface area contributed by atoms with Crippen LogP contribution in [0, 0.1) is 5.92 Å². The van der Waals surface area contributed by atoms with E-state index in [9.17, 15) is 24.3 Å². The van der Waals surface area contributed by atoms with Gasteiger partial charge in [0.25, 0.3) is 0 Å². The quantitative estimate of drug-likeness (QED) is 0.264. The van der Waals surface area contributed by atoms with Crippen LogP contribution in [0.25, 0.3) is 0 Å². The molecule has 1 aromatic rings. The second kappa shape index (κ2) is 11.0. The van der Waals surface area contributed by atoms with Crippen molar-refractivity contribution in [3.63, 3.8) is 0 Å². The number of carboxylic acids is 1. The minimum absolute atomic E-state index is 0.0205. The molecule has 28 heavy (non-hydrogen) atoms. The highest BCUT2D eigenvalue weighted by Crippen LogP contribution is 2.09. The fourth-order valence-electron chi connectivity index (χ4n) is 2.33. The molecule has 1 aromatic heterocycles. The summed E-state index contributed by atoms with van der Waals surface area (Å²) in [6.07, 6.45) is 3.47. The van der Waals surface area contributed by atoms with Crippen LogP contribution in [0.4, 0.5) is 0 Å². The van der Waals surface area contributed by atoms with Crippen molar-refractivity contribution in [2.24, 2.45) is 11.7 Å². The average molecular weight is 396 g/mol. The molecule has 0 fully saturated rings. The van der Waals surface area contributed by atoms with Gasteiger partial charge in [-0.25, -0.2) is 9.78 Å². The van der Waals surface area contributed by atoms with Crippen LogP contribution in [0.2, 0.25) is 0 Å². The van der Waals surface area contributed by atoms with Crippen LogP contribution in [-0.2, 0) is 25.6 Å². The predicted molar refractivity (Wildman–Crippen MR) is 99.9 cm³/mol. The van der Waals surface area contributed by atoms with Gasteiger partial charge in [-0.2, -0.15) is 0 Å². The molecule has 0 saturated carbocycles. The van der Waals surface area contributed by atoms with Crippen LogP contribution >= 0.6 is 0 Å². The number of rotatable bonds is 11. The Morgan fingerprint density at radius 3 is 2.39 bits per heavy atom. The van der Waals surface area contributed by atoms with Gasteiger partial charge in [0.05, 0.1) is 18.9 Å². The maximum atomic E-state index is 12.6. The molecule has 11 heteroatoms. The molecule has 0 aliphatic rings. The lowest BCUT2D eigenvalue weighted by molar-refractivity contribution is -0.142. The van der Waals surface area contributed by atoms with E-state index in [1.54, 1.807) is 6.92 Å². The third-order valence-corrected chi connectivity index (χ3v) is 4.24. The van der Waals surface area contributed by atoms with E-state index in [4.69, 9.17) is 5.73 Å². The van der Waals surface area contributed by atoms with E-state index in [2.05, 4.69) is 25.9 Å². The molecule has 0 radical (unpaired) electrons. The van der Waals surface area contributed by atoms with Crippen molar-refractivity contribution in [3.05, 3.63) is 18.2 Å². The number of H-pyrrole nitrogens is 1. The Morgan fingerprint density at radius 2 is 1.89 bits per heavy atom. The zero-order valence-electron chi connectivity index (χ0n) is 16.2. The fourth-order valence-corrected chi connectivity index (χ4v) is 2.33. The summed E-state index contributed by atoms with van der Waals surface area (Å²) >= 11 is 0. The van der Waals surface area contributed by atoms with Crippen molar-refractivity contribution in [2.45, 2.75) is 51.7 Å². The Kier molecular flexibility index (Phi) is 9.09. The molecule has 0 unspecified atom stereocenters. The summed E-state index contributed by atoms with van der Waals surface area (Å²) in [7, 11) is 0. The maximum Gasteiger partial charge on any atom is 0.326 e. The van der Waals surface area contributed by atoms with E-state index in [0.717, 1.165) is 0 Å². The molecule has 156 valence electrons. The van der Waals surface area contributed by atoms with Gasteiger partial charge in [-0.05, 0) is 12.8 Å². The van der Waals surface area contributed by atoms with E-state index in [0.29, 0.717) is 12.1 Å². The SMILES string of the molecule is CC[C@H](C)[C@H](NC(=O)CNC(=O)[C@H](C)N)C(=O)N[C@@H](Cc1cnc[nH]1)C(=O)O. The summed E-state index contributed by atoms with van der Waals surface area (Å²) in [6.45, 7) is 4.75. The van der Waals surface area contributed by atoms with Crippen LogP contribution < -0.4 is 21.7 Å². The first kappa shape index (κ1) is 23.1. The van der Waals surface area contributed by atoms with E-state index in [1.807, 2.05) is 6.92 Å². The van der Waals surface area contributed by atoms with Crippen LogP contribution in [0.15, 0.2) is 12.5 Å².